The van der Waals surface area contributed by atoms with E-state index in [0.29, 0.717) is 24.7 Å². The second-order valence-electron chi connectivity index (χ2n) is 13.8. The minimum Gasteiger partial charge on any atom is -0.458 e. The number of aliphatic hydroxyl groups is 3. The highest BCUT2D eigenvalue weighted by molar-refractivity contribution is 5.85. The maximum Gasteiger partial charge on any atom is 0.331 e. The van der Waals surface area contributed by atoms with Gasteiger partial charge in [-0.05, 0) is 80.6 Å². The topological polar surface area (TPSA) is 115 Å². The SMILES string of the molecule is COC1C[C@H](O[C@@H]2CC[C@]3(C)C4CC[C@]5(C)[C@@H](C6=CC(=O)OC6)[C@@H](O)C[C@]5(O)C4CC[C@@H]3C2)OC(C)[C@H]1O. The molecule has 3 N–H and O–H groups in total. The second-order valence-corrected chi connectivity index (χ2v) is 13.8. The van der Waals surface area contributed by atoms with Crippen LogP contribution in [0.15, 0.2) is 11.6 Å². The molecule has 38 heavy (non-hydrogen) atoms. The van der Waals surface area contributed by atoms with Gasteiger partial charge in [-0.3, -0.25) is 0 Å². The van der Waals surface area contributed by atoms with Gasteiger partial charge in [-0.25, -0.2) is 4.79 Å². The number of hydrogen-bond donors (Lipinski definition) is 3. The van der Waals surface area contributed by atoms with E-state index in [1.807, 2.05) is 6.92 Å². The van der Waals surface area contributed by atoms with Crippen molar-refractivity contribution in [3.63, 3.8) is 0 Å². The number of esters is 1. The molecule has 0 bridgehead atoms. The van der Waals surface area contributed by atoms with E-state index in [1.54, 1.807) is 13.2 Å². The average Bonchev–Trinajstić information content (AvgIpc) is 3.37. The molecule has 4 saturated carbocycles. The lowest BCUT2D eigenvalue weighted by Crippen LogP contribution is -2.62. The van der Waals surface area contributed by atoms with Gasteiger partial charge in [-0.1, -0.05) is 13.8 Å². The fraction of sp³-hybridized carbons (Fsp3) is 0.900. The zero-order chi connectivity index (χ0) is 27.0. The van der Waals surface area contributed by atoms with Gasteiger partial charge in [0, 0.05) is 37.4 Å². The molecule has 8 nitrogen and oxygen atoms in total. The summed E-state index contributed by atoms with van der Waals surface area (Å²) in [4.78, 5) is 11.8. The number of hydrogen-bond acceptors (Lipinski definition) is 8. The largest absolute Gasteiger partial charge is 0.458 e. The highest BCUT2D eigenvalue weighted by Crippen LogP contribution is 2.70. The van der Waals surface area contributed by atoms with E-state index in [0.717, 1.165) is 50.5 Å². The molecule has 0 aromatic carbocycles. The van der Waals surface area contributed by atoms with Gasteiger partial charge in [0.05, 0.1) is 30.0 Å². The minimum atomic E-state index is -0.949. The maximum atomic E-state index is 12.4. The molecule has 0 radical (unpaired) electrons. The highest BCUT2D eigenvalue weighted by Gasteiger charge is 2.70. The summed E-state index contributed by atoms with van der Waals surface area (Å²) in [6, 6.07) is 0. The lowest BCUT2D eigenvalue weighted by atomic mass is 9.43. The lowest BCUT2D eigenvalue weighted by molar-refractivity contribution is -0.273. The molecule has 8 heteroatoms. The van der Waals surface area contributed by atoms with Crippen molar-refractivity contribution in [1.29, 1.82) is 0 Å². The molecule has 0 aromatic rings. The molecule has 6 aliphatic rings. The van der Waals surface area contributed by atoms with E-state index in [2.05, 4.69) is 13.8 Å². The van der Waals surface area contributed by atoms with E-state index in [1.165, 1.54) is 0 Å². The first-order valence-corrected chi connectivity index (χ1v) is 14.8. The van der Waals surface area contributed by atoms with Crippen LogP contribution < -0.4 is 0 Å². The number of rotatable bonds is 4. The van der Waals surface area contributed by atoms with Crippen molar-refractivity contribution in [1.82, 2.24) is 0 Å². The molecule has 0 aromatic heterocycles. The first kappa shape index (κ1) is 27.2. The normalized spacial score (nSPS) is 54.5. The molecule has 0 spiro atoms. The Morgan fingerprint density at radius 1 is 1.05 bits per heavy atom. The first-order valence-electron chi connectivity index (χ1n) is 14.8. The fourth-order valence-electron chi connectivity index (χ4n) is 10.1. The molecule has 1 saturated heterocycles. The summed E-state index contributed by atoms with van der Waals surface area (Å²) >= 11 is 0. The second kappa shape index (κ2) is 9.52. The molecule has 5 fully saturated rings. The van der Waals surface area contributed by atoms with Crippen LogP contribution in [0.1, 0.15) is 78.6 Å². The van der Waals surface area contributed by atoms with Crippen molar-refractivity contribution < 1.29 is 39.1 Å². The van der Waals surface area contributed by atoms with Crippen molar-refractivity contribution in [3.05, 3.63) is 11.6 Å². The molecular formula is C30H46O8. The Bertz CT molecular complexity index is 968. The quantitative estimate of drug-likeness (QED) is 0.372. The molecule has 2 heterocycles. The molecule has 0 amide bonds. The van der Waals surface area contributed by atoms with Crippen molar-refractivity contribution in [2.75, 3.05) is 13.7 Å². The van der Waals surface area contributed by atoms with Gasteiger partial charge >= 0.3 is 5.97 Å². The summed E-state index contributed by atoms with van der Waals surface area (Å²) in [6.45, 7) is 6.67. The Hall–Kier alpha value is -1.03. The van der Waals surface area contributed by atoms with Crippen LogP contribution in [0, 0.1) is 34.5 Å². The fourth-order valence-corrected chi connectivity index (χ4v) is 10.1. The molecule has 13 atom stereocenters. The minimum absolute atomic E-state index is 0.121. The van der Waals surface area contributed by atoms with Crippen LogP contribution in [0.5, 0.6) is 0 Å². The van der Waals surface area contributed by atoms with E-state index in [9.17, 15) is 20.1 Å². The standard InChI is InChI=1S/C30H46O8/c1-16-27(33)23(35-4)13-25(37-16)38-19-7-9-28(2)18(12-19)5-6-21-20(28)8-10-29(3)26(17-11-24(32)36-15-17)22(31)14-30(21,29)34/h11,16,18-23,25-27,31,33-34H,5-10,12-15H2,1-4H3/t16?,18-,19-,20?,21?,22+,23?,25+,26+,27-,28+,29-,30+/m1/s1. The molecule has 214 valence electrons. The van der Waals surface area contributed by atoms with Crippen LogP contribution in [0.4, 0.5) is 0 Å². The van der Waals surface area contributed by atoms with Crippen molar-refractivity contribution in [2.45, 2.75) is 121 Å². The first-order chi connectivity index (χ1) is 18.0. The van der Waals surface area contributed by atoms with Crippen LogP contribution in [0.2, 0.25) is 0 Å². The number of carbonyl (C=O) groups is 1. The molecule has 6 rings (SSSR count). The lowest BCUT2D eigenvalue weighted by Gasteiger charge is -2.63. The third-order valence-corrected chi connectivity index (χ3v) is 12.2. The van der Waals surface area contributed by atoms with Crippen LogP contribution in [0.25, 0.3) is 0 Å². The summed E-state index contributed by atoms with van der Waals surface area (Å²) in [5.41, 5.74) is -0.440. The van der Waals surface area contributed by atoms with Crippen molar-refractivity contribution in [2.24, 2.45) is 34.5 Å². The van der Waals surface area contributed by atoms with Gasteiger partial charge in [0.25, 0.3) is 0 Å². The number of carbonyl (C=O) groups excluding carboxylic acids is 1. The Morgan fingerprint density at radius 2 is 1.84 bits per heavy atom. The van der Waals surface area contributed by atoms with Gasteiger partial charge in [0.15, 0.2) is 6.29 Å². The summed E-state index contributed by atoms with van der Waals surface area (Å²) in [7, 11) is 1.63. The Balaban J connectivity index is 1.16. The summed E-state index contributed by atoms with van der Waals surface area (Å²) in [5, 5.41) is 33.9. The zero-order valence-electron chi connectivity index (χ0n) is 23.3. The maximum absolute atomic E-state index is 12.4. The number of aliphatic hydroxyl groups excluding tert-OH is 2. The van der Waals surface area contributed by atoms with E-state index >= 15 is 0 Å². The van der Waals surface area contributed by atoms with E-state index < -0.39 is 23.2 Å². The number of cyclic esters (lactones) is 1. The van der Waals surface area contributed by atoms with Gasteiger partial charge in [-0.15, -0.1) is 0 Å². The van der Waals surface area contributed by atoms with Gasteiger partial charge in [0.2, 0.25) is 0 Å². The number of ether oxygens (including phenoxy) is 4. The van der Waals surface area contributed by atoms with Gasteiger partial charge in [-0.2, -0.15) is 0 Å². The molecule has 4 aliphatic carbocycles. The third kappa shape index (κ3) is 3.96. The van der Waals surface area contributed by atoms with Crippen LogP contribution in [-0.2, 0) is 23.7 Å². The van der Waals surface area contributed by atoms with Crippen LogP contribution >= 0.6 is 0 Å². The Morgan fingerprint density at radius 3 is 2.55 bits per heavy atom. The number of fused-ring (bicyclic) bond motifs is 5. The average molecular weight is 535 g/mol. The highest BCUT2D eigenvalue weighted by atomic mass is 16.7. The third-order valence-electron chi connectivity index (χ3n) is 12.2. The predicted octanol–water partition coefficient (Wildman–Crippen LogP) is 3.11. The van der Waals surface area contributed by atoms with E-state index in [4.69, 9.17) is 18.9 Å². The monoisotopic (exact) mass is 534 g/mol. The van der Waals surface area contributed by atoms with Crippen LogP contribution in [-0.4, -0.2) is 77.4 Å². The smallest absolute Gasteiger partial charge is 0.331 e. The zero-order valence-corrected chi connectivity index (χ0v) is 23.3. The summed E-state index contributed by atoms with van der Waals surface area (Å²) in [5.74, 6) is 0.493. The Labute approximate surface area is 226 Å². The van der Waals surface area contributed by atoms with Crippen molar-refractivity contribution >= 4 is 5.97 Å². The summed E-state index contributed by atoms with van der Waals surface area (Å²) < 4.78 is 23.1. The summed E-state index contributed by atoms with van der Waals surface area (Å²) in [6.07, 6.45) is 7.17. The predicted molar refractivity (Wildman–Crippen MR) is 138 cm³/mol. The Kier molecular flexibility index (Phi) is 6.80. The number of methoxy groups -OCH3 is 1. The molecular weight excluding hydrogens is 488 g/mol. The van der Waals surface area contributed by atoms with E-state index in [-0.39, 0.29) is 54.4 Å². The molecule has 4 unspecified atom stereocenters. The van der Waals surface area contributed by atoms with Gasteiger partial charge in [0.1, 0.15) is 12.7 Å². The molecule has 2 aliphatic heterocycles. The van der Waals surface area contributed by atoms with Gasteiger partial charge < -0.3 is 34.3 Å². The van der Waals surface area contributed by atoms with Crippen LogP contribution in [0.3, 0.4) is 0 Å². The van der Waals surface area contributed by atoms with Crippen molar-refractivity contribution in [3.8, 4) is 0 Å².